The van der Waals surface area contributed by atoms with Crippen LogP contribution in [0.5, 0.6) is 0 Å². The topological polar surface area (TPSA) is 48.2 Å². The highest BCUT2D eigenvalue weighted by Crippen LogP contribution is 2.30. The molecule has 1 aromatic carbocycles. The van der Waals surface area contributed by atoms with E-state index in [1.807, 2.05) is 24.3 Å². The van der Waals surface area contributed by atoms with Crippen LogP contribution in [0.4, 0.5) is 0 Å². The molecule has 2 heterocycles. The lowest BCUT2D eigenvalue weighted by Gasteiger charge is -2.25. The molecule has 0 radical (unpaired) electrons. The number of hydrogen-bond donors (Lipinski definition) is 0. The SMILES string of the molecule is CC1COCCC1c1nc(Cc2ccc(Cl)cc2)no1. The van der Waals surface area contributed by atoms with Gasteiger partial charge in [0.2, 0.25) is 5.89 Å². The first-order chi connectivity index (χ1) is 9.72. The lowest BCUT2D eigenvalue weighted by molar-refractivity contribution is 0.0392. The summed E-state index contributed by atoms with van der Waals surface area (Å²) in [6.07, 6.45) is 1.61. The van der Waals surface area contributed by atoms with Gasteiger partial charge in [-0.05, 0) is 30.0 Å². The van der Waals surface area contributed by atoms with Gasteiger partial charge in [-0.3, -0.25) is 0 Å². The van der Waals surface area contributed by atoms with Gasteiger partial charge < -0.3 is 9.26 Å². The Morgan fingerprint density at radius 2 is 2.10 bits per heavy atom. The fourth-order valence-electron chi connectivity index (χ4n) is 2.52. The maximum Gasteiger partial charge on any atom is 0.230 e. The van der Waals surface area contributed by atoms with Crippen LogP contribution >= 0.6 is 11.6 Å². The fourth-order valence-corrected chi connectivity index (χ4v) is 2.65. The Labute approximate surface area is 123 Å². The number of rotatable bonds is 3. The summed E-state index contributed by atoms with van der Waals surface area (Å²) in [6.45, 7) is 3.69. The summed E-state index contributed by atoms with van der Waals surface area (Å²) in [5, 5.41) is 4.82. The molecule has 1 aliphatic rings. The number of ether oxygens (including phenoxy) is 1. The minimum atomic E-state index is 0.315. The Morgan fingerprint density at radius 1 is 1.30 bits per heavy atom. The first kappa shape index (κ1) is 13.6. The molecule has 2 unspecified atom stereocenters. The molecule has 3 rings (SSSR count). The van der Waals surface area contributed by atoms with Crippen LogP contribution in [0.1, 0.15) is 36.5 Å². The van der Waals surface area contributed by atoms with Crippen molar-refractivity contribution in [3.05, 3.63) is 46.6 Å². The molecular weight excluding hydrogens is 276 g/mol. The highest BCUT2D eigenvalue weighted by Gasteiger charge is 2.28. The van der Waals surface area contributed by atoms with Crippen LogP contribution in [0.25, 0.3) is 0 Å². The molecule has 0 aliphatic carbocycles. The van der Waals surface area contributed by atoms with Crippen molar-refractivity contribution >= 4 is 11.6 Å². The summed E-state index contributed by atoms with van der Waals surface area (Å²) in [4.78, 5) is 4.54. The van der Waals surface area contributed by atoms with Crippen molar-refractivity contribution < 1.29 is 9.26 Å². The van der Waals surface area contributed by atoms with E-state index in [4.69, 9.17) is 20.9 Å². The average molecular weight is 293 g/mol. The maximum absolute atomic E-state index is 5.87. The van der Waals surface area contributed by atoms with Crippen LogP contribution in [0.2, 0.25) is 5.02 Å². The molecule has 2 aromatic rings. The minimum absolute atomic E-state index is 0.315. The van der Waals surface area contributed by atoms with Crippen LogP contribution < -0.4 is 0 Å². The zero-order valence-corrected chi connectivity index (χ0v) is 12.1. The standard InChI is InChI=1S/C15H17ClN2O2/c1-10-9-19-7-6-13(10)15-17-14(18-20-15)8-11-2-4-12(16)5-3-11/h2-5,10,13H,6-9H2,1H3. The van der Waals surface area contributed by atoms with E-state index in [1.165, 1.54) is 0 Å². The molecule has 2 atom stereocenters. The predicted molar refractivity (Wildman–Crippen MR) is 75.9 cm³/mol. The normalized spacial score (nSPS) is 22.9. The molecule has 20 heavy (non-hydrogen) atoms. The summed E-state index contributed by atoms with van der Waals surface area (Å²) in [7, 11) is 0. The lowest BCUT2D eigenvalue weighted by atomic mass is 9.90. The number of aromatic nitrogens is 2. The van der Waals surface area contributed by atoms with Gasteiger partial charge in [0.1, 0.15) is 0 Å². The van der Waals surface area contributed by atoms with Gasteiger partial charge in [-0.25, -0.2) is 0 Å². The minimum Gasteiger partial charge on any atom is -0.381 e. The first-order valence-electron chi connectivity index (χ1n) is 6.87. The molecule has 0 amide bonds. The Balaban J connectivity index is 1.71. The monoisotopic (exact) mass is 292 g/mol. The van der Waals surface area contributed by atoms with Gasteiger partial charge >= 0.3 is 0 Å². The highest BCUT2D eigenvalue weighted by molar-refractivity contribution is 6.30. The van der Waals surface area contributed by atoms with E-state index in [0.717, 1.165) is 41.9 Å². The molecule has 1 aromatic heterocycles. The number of hydrogen-bond acceptors (Lipinski definition) is 4. The predicted octanol–water partition coefficient (Wildman–Crippen LogP) is 3.45. The molecule has 0 bridgehead atoms. The maximum atomic E-state index is 5.87. The smallest absolute Gasteiger partial charge is 0.230 e. The Hall–Kier alpha value is -1.39. The van der Waals surface area contributed by atoms with E-state index >= 15 is 0 Å². The van der Waals surface area contributed by atoms with Crippen molar-refractivity contribution in [2.75, 3.05) is 13.2 Å². The second-order valence-corrected chi connectivity index (χ2v) is 5.74. The van der Waals surface area contributed by atoms with E-state index < -0.39 is 0 Å². The van der Waals surface area contributed by atoms with Crippen molar-refractivity contribution in [3.63, 3.8) is 0 Å². The van der Waals surface area contributed by atoms with Crippen molar-refractivity contribution in [3.8, 4) is 0 Å². The molecule has 1 aliphatic heterocycles. The van der Waals surface area contributed by atoms with Gasteiger partial charge in [0.25, 0.3) is 0 Å². The first-order valence-corrected chi connectivity index (χ1v) is 7.25. The van der Waals surface area contributed by atoms with Crippen LogP contribution in [0.3, 0.4) is 0 Å². The highest BCUT2D eigenvalue weighted by atomic mass is 35.5. The Morgan fingerprint density at radius 3 is 2.85 bits per heavy atom. The Kier molecular flexibility index (Phi) is 4.03. The van der Waals surface area contributed by atoms with Gasteiger partial charge in [0.15, 0.2) is 5.82 Å². The quantitative estimate of drug-likeness (QED) is 0.869. The molecule has 0 saturated carbocycles. The second kappa shape index (κ2) is 5.94. The largest absolute Gasteiger partial charge is 0.381 e. The van der Waals surface area contributed by atoms with Crippen molar-refractivity contribution in [2.45, 2.75) is 25.7 Å². The molecule has 0 spiro atoms. The molecular formula is C15H17ClN2O2. The number of nitrogens with zero attached hydrogens (tertiary/aromatic N) is 2. The average Bonchev–Trinajstić information content (AvgIpc) is 2.90. The van der Waals surface area contributed by atoms with Gasteiger partial charge in [-0.15, -0.1) is 0 Å². The van der Waals surface area contributed by atoms with E-state index in [-0.39, 0.29) is 0 Å². The van der Waals surface area contributed by atoms with Gasteiger partial charge in [0.05, 0.1) is 0 Å². The van der Waals surface area contributed by atoms with E-state index in [1.54, 1.807) is 0 Å². The van der Waals surface area contributed by atoms with Crippen LogP contribution in [-0.4, -0.2) is 23.4 Å². The number of halogens is 1. The van der Waals surface area contributed by atoms with Crippen molar-refractivity contribution in [1.82, 2.24) is 10.1 Å². The molecule has 4 nitrogen and oxygen atoms in total. The summed E-state index contributed by atoms with van der Waals surface area (Å²) in [6, 6.07) is 7.71. The van der Waals surface area contributed by atoms with Crippen molar-refractivity contribution in [2.24, 2.45) is 5.92 Å². The van der Waals surface area contributed by atoms with Gasteiger partial charge in [-0.1, -0.05) is 35.8 Å². The number of benzene rings is 1. The zero-order chi connectivity index (χ0) is 13.9. The summed E-state index contributed by atoms with van der Waals surface area (Å²) >= 11 is 5.87. The van der Waals surface area contributed by atoms with Crippen LogP contribution in [0.15, 0.2) is 28.8 Å². The van der Waals surface area contributed by atoms with E-state index in [2.05, 4.69) is 17.1 Å². The van der Waals surface area contributed by atoms with E-state index in [9.17, 15) is 0 Å². The summed E-state index contributed by atoms with van der Waals surface area (Å²) < 4.78 is 10.9. The summed E-state index contributed by atoms with van der Waals surface area (Å²) in [5.41, 5.74) is 1.13. The molecule has 1 saturated heterocycles. The second-order valence-electron chi connectivity index (χ2n) is 5.30. The third-order valence-electron chi connectivity index (χ3n) is 3.72. The molecule has 0 N–H and O–H groups in total. The van der Waals surface area contributed by atoms with Crippen LogP contribution in [0, 0.1) is 5.92 Å². The van der Waals surface area contributed by atoms with E-state index in [0.29, 0.717) is 18.3 Å². The van der Waals surface area contributed by atoms with Gasteiger partial charge in [0, 0.05) is 30.6 Å². The fraction of sp³-hybridized carbons (Fsp3) is 0.467. The van der Waals surface area contributed by atoms with Crippen LogP contribution in [-0.2, 0) is 11.2 Å². The molecule has 106 valence electrons. The summed E-state index contributed by atoms with van der Waals surface area (Å²) in [5.74, 6) is 2.20. The van der Waals surface area contributed by atoms with Crippen molar-refractivity contribution in [1.29, 1.82) is 0 Å². The Bertz CT molecular complexity index is 568. The van der Waals surface area contributed by atoms with Gasteiger partial charge in [-0.2, -0.15) is 4.98 Å². The third-order valence-corrected chi connectivity index (χ3v) is 3.97. The third kappa shape index (κ3) is 3.02. The lowest BCUT2D eigenvalue weighted by Crippen LogP contribution is -2.23. The molecule has 5 heteroatoms. The molecule has 1 fully saturated rings. The zero-order valence-electron chi connectivity index (χ0n) is 11.4.